The average Bonchev–Trinajstić information content (AvgIpc) is 3.06. The highest BCUT2D eigenvalue weighted by Crippen LogP contribution is 2.46. The Morgan fingerprint density at radius 2 is 1.93 bits per heavy atom. The van der Waals surface area contributed by atoms with Crippen molar-refractivity contribution in [2.45, 2.75) is 25.9 Å². The first kappa shape index (κ1) is 21.0. The fraction of sp³-hybridized carbons (Fsp3) is 0.550. The van der Waals surface area contributed by atoms with Gasteiger partial charge in [-0.1, -0.05) is 0 Å². The van der Waals surface area contributed by atoms with Crippen molar-refractivity contribution in [3.63, 3.8) is 0 Å². The van der Waals surface area contributed by atoms with Gasteiger partial charge in [0.25, 0.3) is 0 Å². The van der Waals surface area contributed by atoms with Crippen molar-refractivity contribution < 1.29 is 22.8 Å². The van der Waals surface area contributed by atoms with E-state index in [2.05, 4.69) is 5.32 Å². The Kier molecular flexibility index (Phi) is 5.48. The summed E-state index contributed by atoms with van der Waals surface area (Å²) in [5.74, 6) is -0.523. The molecule has 0 aliphatic carbocycles. The summed E-state index contributed by atoms with van der Waals surface area (Å²) < 4.78 is 39.8. The van der Waals surface area contributed by atoms with E-state index in [1.54, 1.807) is 18.0 Å². The number of carbonyl (C=O) groups is 2. The zero-order valence-corrected chi connectivity index (χ0v) is 16.3. The number of anilines is 1. The van der Waals surface area contributed by atoms with E-state index in [0.717, 1.165) is 6.07 Å². The molecule has 0 bridgehead atoms. The number of likely N-dealkylation sites (tertiary alicyclic amines) is 1. The Bertz CT molecular complexity index is 854. The summed E-state index contributed by atoms with van der Waals surface area (Å²) >= 11 is 0. The molecule has 2 aliphatic heterocycles. The van der Waals surface area contributed by atoms with E-state index in [9.17, 15) is 22.8 Å². The number of benzene rings is 1. The molecule has 2 aliphatic rings. The third-order valence-corrected chi connectivity index (χ3v) is 6.21. The van der Waals surface area contributed by atoms with Crippen LogP contribution in [0.15, 0.2) is 18.2 Å². The fourth-order valence-corrected chi connectivity index (χ4v) is 4.52. The Morgan fingerprint density at radius 3 is 2.45 bits per heavy atom. The maximum atomic E-state index is 13.3. The van der Waals surface area contributed by atoms with Crippen molar-refractivity contribution in [1.29, 1.82) is 5.26 Å². The molecule has 1 unspecified atom stereocenters. The van der Waals surface area contributed by atoms with Gasteiger partial charge in [0.15, 0.2) is 0 Å². The summed E-state index contributed by atoms with van der Waals surface area (Å²) in [6, 6.07) is 5.33. The van der Waals surface area contributed by atoms with Crippen LogP contribution in [0.4, 0.5) is 18.9 Å². The Hall–Kier alpha value is -2.76. The molecule has 2 amide bonds. The maximum absolute atomic E-state index is 13.3. The molecule has 0 radical (unpaired) electrons. The van der Waals surface area contributed by atoms with Gasteiger partial charge >= 0.3 is 6.18 Å². The molecule has 3 rings (SSSR count). The second kappa shape index (κ2) is 7.58. The topological polar surface area (TPSA) is 76.4 Å². The van der Waals surface area contributed by atoms with Gasteiger partial charge in [0, 0.05) is 51.3 Å². The number of nitriles is 1. The van der Waals surface area contributed by atoms with Crippen molar-refractivity contribution in [2.75, 3.05) is 38.1 Å². The molecule has 29 heavy (non-hydrogen) atoms. The van der Waals surface area contributed by atoms with E-state index in [1.165, 1.54) is 19.1 Å². The molecule has 2 fully saturated rings. The largest absolute Gasteiger partial charge is 0.417 e. The quantitative estimate of drug-likeness (QED) is 0.815. The van der Waals surface area contributed by atoms with Crippen LogP contribution in [0.5, 0.6) is 0 Å². The Balaban J connectivity index is 1.82. The smallest absolute Gasteiger partial charge is 0.371 e. The molecule has 1 aromatic rings. The zero-order valence-electron chi connectivity index (χ0n) is 16.3. The Labute approximate surface area is 167 Å². The molecular formula is C20H23F3N4O2. The van der Waals surface area contributed by atoms with E-state index in [4.69, 9.17) is 5.26 Å². The van der Waals surface area contributed by atoms with Gasteiger partial charge in [0.2, 0.25) is 11.8 Å². The van der Waals surface area contributed by atoms with E-state index < -0.39 is 17.3 Å². The highest BCUT2D eigenvalue weighted by Gasteiger charge is 2.51. The van der Waals surface area contributed by atoms with Crippen LogP contribution in [0, 0.1) is 22.7 Å². The van der Waals surface area contributed by atoms with Crippen LogP contribution in [0.3, 0.4) is 0 Å². The lowest BCUT2D eigenvalue weighted by Gasteiger charge is -2.42. The molecule has 0 saturated carbocycles. The molecule has 1 aromatic carbocycles. The highest BCUT2D eigenvalue weighted by atomic mass is 19.4. The third-order valence-electron chi connectivity index (χ3n) is 6.21. The lowest BCUT2D eigenvalue weighted by Crippen LogP contribution is -2.48. The van der Waals surface area contributed by atoms with Crippen molar-refractivity contribution >= 4 is 17.5 Å². The number of hydrogen-bond donors (Lipinski definition) is 1. The van der Waals surface area contributed by atoms with E-state index in [-0.39, 0.29) is 23.1 Å². The van der Waals surface area contributed by atoms with E-state index in [1.807, 2.05) is 4.90 Å². The minimum absolute atomic E-state index is 0.0832. The van der Waals surface area contributed by atoms with Gasteiger partial charge in [0.05, 0.1) is 23.1 Å². The number of amides is 2. The van der Waals surface area contributed by atoms with Crippen molar-refractivity contribution in [3.8, 4) is 6.07 Å². The summed E-state index contributed by atoms with van der Waals surface area (Å²) in [5, 5.41) is 11.6. The minimum atomic E-state index is -4.60. The van der Waals surface area contributed by atoms with Gasteiger partial charge in [-0.05, 0) is 31.0 Å². The van der Waals surface area contributed by atoms with Crippen molar-refractivity contribution in [2.24, 2.45) is 11.3 Å². The summed E-state index contributed by atoms with van der Waals surface area (Å²) in [5.41, 5.74) is -1.31. The Morgan fingerprint density at radius 1 is 1.28 bits per heavy atom. The van der Waals surface area contributed by atoms with Crippen LogP contribution in [-0.4, -0.2) is 49.9 Å². The van der Waals surface area contributed by atoms with Gasteiger partial charge in [-0.3, -0.25) is 9.59 Å². The highest BCUT2D eigenvalue weighted by molar-refractivity contribution is 5.82. The molecule has 156 valence electrons. The summed E-state index contributed by atoms with van der Waals surface area (Å²) in [6.45, 7) is 3.27. The molecule has 1 N–H and O–H groups in total. The number of nitrogens with zero attached hydrogens (tertiary/aromatic N) is 3. The fourth-order valence-electron chi connectivity index (χ4n) is 4.52. The van der Waals surface area contributed by atoms with Gasteiger partial charge in [-0.25, -0.2) is 0 Å². The first-order valence-electron chi connectivity index (χ1n) is 9.45. The van der Waals surface area contributed by atoms with Crippen LogP contribution in [0.1, 0.15) is 30.9 Å². The van der Waals surface area contributed by atoms with E-state index in [0.29, 0.717) is 44.7 Å². The second-order valence-electron chi connectivity index (χ2n) is 7.76. The summed E-state index contributed by atoms with van der Waals surface area (Å²) in [6.07, 6.45) is -3.41. The minimum Gasteiger partial charge on any atom is -0.371 e. The molecule has 1 spiro atoms. The average molecular weight is 408 g/mol. The first-order valence-corrected chi connectivity index (χ1v) is 9.45. The molecule has 2 heterocycles. The molecule has 6 nitrogen and oxygen atoms in total. The second-order valence-corrected chi connectivity index (χ2v) is 7.76. The van der Waals surface area contributed by atoms with Crippen LogP contribution in [0.2, 0.25) is 0 Å². The van der Waals surface area contributed by atoms with Gasteiger partial charge in [-0.2, -0.15) is 18.4 Å². The van der Waals surface area contributed by atoms with Gasteiger partial charge in [-0.15, -0.1) is 0 Å². The normalized spacial score (nSPS) is 21.2. The third kappa shape index (κ3) is 3.88. The summed E-state index contributed by atoms with van der Waals surface area (Å²) in [4.78, 5) is 27.8. The standard InChI is InChI=1S/C20H23F3N4O2/c1-13(28)27-11-17(18(29)25-2)19(12-27)5-7-26(8-6-19)15-4-3-14(10-24)16(9-15)20(21,22)23/h3-4,9,17H,5-8,11-12H2,1-2H3,(H,25,29). The SMILES string of the molecule is CNC(=O)C1CN(C(C)=O)CC12CCN(c1ccc(C#N)c(C(F)(F)F)c1)CC2. The van der Waals surface area contributed by atoms with Crippen molar-refractivity contribution in [3.05, 3.63) is 29.3 Å². The van der Waals surface area contributed by atoms with Crippen LogP contribution in [0.25, 0.3) is 0 Å². The lowest BCUT2D eigenvalue weighted by atomic mass is 9.70. The molecular weight excluding hydrogens is 385 g/mol. The number of hydrogen-bond acceptors (Lipinski definition) is 4. The number of piperidine rings is 1. The van der Waals surface area contributed by atoms with Crippen LogP contribution >= 0.6 is 0 Å². The molecule has 2 saturated heterocycles. The van der Waals surface area contributed by atoms with Crippen LogP contribution < -0.4 is 10.2 Å². The van der Waals surface area contributed by atoms with E-state index >= 15 is 0 Å². The predicted octanol–water partition coefficient (Wildman–Crippen LogP) is 2.39. The van der Waals surface area contributed by atoms with Crippen molar-refractivity contribution in [1.82, 2.24) is 10.2 Å². The number of alkyl halides is 3. The monoisotopic (exact) mass is 408 g/mol. The van der Waals surface area contributed by atoms with Crippen LogP contribution in [-0.2, 0) is 15.8 Å². The predicted molar refractivity (Wildman–Crippen MR) is 99.8 cm³/mol. The maximum Gasteiger partial charge on any atom is 0.417 e. The summed E-state index contributed by atoms with van der Waals surface area (Å²) in [7, 11) is 1.57. The number of rotatable bonds is 2. The first-order chi connectivity index (χ1) is 13.6. The van der Waals surface area contributed by atoms with Gasteiger partial charge < -0.3 is 15.1 Å². The van der Waals surface area contributed by atoms with Gasteiger partial charge in [0.1, 0.15) is 0 Å². The molecule has 1 atom stereocenters. The molecule has 9 heteroatoms. The number of halogens is 3. The number of carbonyl (C=O) groups excluding carboxylic acids is 2. The molecule has 0 aromatic heterocycles. The lowest BCUT2D eigenvalue weighted by molar-refractivity contribution is -0.137. The zero-order chi connectivity index (χ0) is 21.4. The number of nitrogens with one attached hydrogen (secondary N) is 1.